The number of hydrogen-bond donors (Lipinski definition) is 1. The summed E-state index contributed by atoms with van der Waals surface area (Å²) in [5.74, 6) is 0. The zero-order valence-corrected chi connectivity index (χ0v) is 18.9. The Balaban J connectivity index is 1.41. The van der Waals surface area contributed by atoms with Crippen molar-refractivity contribution in [1.29, 1.82) is 5.26 Å². The van der Waals surface area contributed by atoms with Crippen LogP contribution in [0.3, 0.4) is 0 Å². The van der Waals surface area contributed by atoms with E-state index in [4.69, 9.17) is 5.10 Å². The van der Waals surface area contributed by atoms with E-state index < -0.39 is 0 Å². The Morgan fingerprint density at radius 1 is 0.971 bits per heavy atom. The molecular weight excluding hydrogens is 422 g/mol. The first-order valence-electron chi connectivity index (χ1n) is 11.4. The molecule has 0 radical (unpaired) electrons. The van der Waals surface area contributed by atoms with Crippen molar-refractivity contribution in [3.05, 3.63) is 78.2 Å². The van der Waals surface area contributed by atoms with Gasteiger partial charge in [0.15, 0.2) is 5.65 Å². The van der Waals surface area contributed by atoms with Crippen LogP contribution in [-0.4, -0.2) is 45.8 Å². The molecule has 3 aromatic heterocycles. The van der Waals surface area contributed by atoms with Crippen LogP contribution in [0, 0.1) is 18.3 Å². The molecule has 4 heterocycles. The molecule has 1 aliphatic heterocycles. The summed E-state index contributed by atoms with van der Waals surface area (Å²) in [5.41, 5.74) is 8.24. The fourth-order valence-corrected chi connectivity index (χ4v) is 4.74. The maximum atomic E-state index is 9.47. The van der Waals surface area contributed by atoms with E-state index in [2.05, 4.69) is 56.6 Å². The van der Waals surface area contributed by atoms with Gasteiger partial charge in [0.05, 0.1) is 28.7 Å². The SMILES string of the molecule is Cc1nn2c(-c3ccc(C#N)c4ncccc34)cnc2cc1-c1ccc(N2CCNCC2)cc1. The Hall–Kier alpha value is -4.28. The third-order valence-electron chi connectivity index (χ3n) is 6.50. The molecule has 7 heteroatoms. The van der Waals surface area contributed by atoms with Crippen molar-refractivity contribution in [1.82, 2.24) is 24.9 Å². The van der Waals surface area contributed by atoms with Crippen LogP contribution < -0.4 is 10.2 Å². The van der Waals surface area contributed by atoms with E-state index in [1.54, 1.807) is 6.20 Å². The second-order valence-corrected chi connectivity index (χ2v) is 8.51. The number of hydrogen-bond acceptors (Lipinski definition) is 6. The minimum Gasteiger partial charge on any atom is -0.369 e. The van der Waals surface area contributed by atoms with Crippen LogP contribution >= 0.6 is 0 Å². The highest BCUT2D eigenvalue weighted by Crippen LogP contribution is 2.32. The summed E-state index contributed by atoms with van der Waals surface area (Å²) in [6.45, 7) is 6.13. The lowest BCUT2D eigenvalue weighted by atomic mass is 10.0. The fourth-order valence-electron chi connectivity index (χ4n) is 4.74. The maximum Gasteiger partial charge on any atom is 0.154 e. The fraction of sp³-hybridized carbons (Fsp3) is 0.185. The monoisotopic (exact) mass is 445 g/mol. The van der Waals surface area contributed by atoms with E-state index in [0.717, 1.165) is 65.3 Å². The number of pyridine rings is 1. The summed E-state index contributed by atoms with van der Waals surface area (Å²) in [7, 11) is 0. The molecule has 7 nitrogen and oxygen atoms in total. The lowest BCUT2D eigenvalue weighted by Gasteiger charge is -2.29. The maximum absolute atomic E-state index is 9.47. The number of imidazole rings is 1. The summed E-state index contributed by atoms with van der Waals surface area (Å²) in [6, 6.07) is 20.7. The van der Waals surface area contributed by atoms with Crippen molar-refractivity contribution < 1.29 is 0 Å². The molecule has 0 spiro atoms. The van der Waals surface area contributed by atoms with Gasteiger partial charge in [0.2, 0.25) is 0 Å². The van der Waals surface area contributed by atoms with Crippen LogP contribution in [0.1, 0.15) is 11.3 Å². The van der Waals surface area contributed by atoms with Gasteiger partial charge in [-0.1, -0.05) is 24.3 Å². The van der Waals surface area contributed by atoms with Gasteiger partial charge in [-0.05, 0) is 42.8 Å². The van der Waals surface area contributed by atoms with E-state index in [0.29, 0.717) is 11.1 Å². The Labute approximate surface area is 197 Å². The minimum atomic E-state index is 0.559. The van der Waals surface area contributed by atoms with Crippen LogP contribution in [0.25, 0.3) is 38.9 Å². The second-order valence-electron chi connectivity index (χ2n) is 8.51. The Morgan fingerprint density at radius 3 is 2.59 bits per heavy atom. The third kappa shape index (κ3) is 3.36. The molecule has 166 valence electrons. The van der Waals surface area contributed by atoms with Crippen molar-refractivity contribution in [2.75, 3.05) is 31.1 Å². The molecule has 1 saturated heterocycles. The number of benzene rings is 2. The van der Waals surface area contributed by atoms with Gasteiger partial charge in [0.25, 0.3) is 0 Å². The predicted molar refractivity (Wildman–Crippen MR) is 134 cm³/mol. The molecule has 1 N–H and O–H groups in total. The van der Waals surface area contributed by atoms with E-state index in [-0.39, 0.29) is 0 Å². The van der Waals surface area contributed by atoms with Gasteiger partial charge < -0.3 is 10.2 Å². The largest absolute Gasteiger partial charge is 0.369 e. The van der Waals surface area contributed by atoms with E-state index >= 15 is 0 Å². The minimum absolute atomic E-state index is 0.559. The number of rotatable bonds is 3. The van der Waals surface area contributed by atoms with Gasteiger partial charge in [-0.25, -0.2) is 9.50 Å². The summed E-state index contributed by atoms with van der Waals surface area (Å²) in [5, 5.41) is 18.7. The molecule has 34 heavy (non-hydrogen) atoms. The molecule has 2 aromatic carbocycles. The van der Waals surface area contributed by atoms with Crippen molar-refractivity contribution in [2.24, 2.45) is 0 Å². The Morgan fingerprint density at radius 2 is 1.79 bits per heavy atom. The lowest BCUT2D eigenvalue weighted by molar-refractivity contribution is 0.589. The number of nitrogens with one attached hydrogen (secondary N) is 1. The van der Waals surface area contributed by atoms with Crippen molar-refractivity contribution in [3.63, 3.8) is 0 Å². The number of nitrogens with zero attached hydrogens (tertiary/aromatic N) is 6. The van der Waals surface area contributed by atoms with E-state index in [9.17, 15) is 5.26 Å². The first-order valence-corrected chi connectivity index (χ1v) is 11.4. The normalized spacial score (nSPS) is 13.9. The van der Waals surface area contributed by atoms with Crippen LogP contribution in [0.4, 0.5) is 5.69 Å². The molecule has 0 saturated carbocycles. The van der Waals surface area contributed by atoms with Crippen LogP contribution in [-0.2, 0) is 0 Å². The highest BCUT2D eigenvalue weighted by Gasteiger charge is 2.16. The molecule has 0 bridgehead atoms. The smallest absolute Gasteiger partial charge is 0.154 e. The van der Waals surface area contributed by atoms with Gasteiger partial charge >= 0.3 is 0 Å². The standard InChI is InChI=1S/C27H23N7/c1-18-24(19-4-7-21(8-5-19)33-13-11-29-12-14-33)15-26-31-17-25(34(26)32-18)22-9-6-20(16-28)27-23(22)3-2-10-30-27/h2-10,15,17,29H,11-14H2,1H3. The zero-order chi connectivity index (χ0) is 23.1. The van der Waals surface area contributed by atoms with Crippen LogP contribution in [0.2, 0.25) is 0 Å². The molecule has 5 aromatic rings. The number of fused-ring (bicyclic) bond motifs is 2. The van der Waals surface area contributed by atoms with E-state index in [1.807, 2.05) is 41.9 Å². The van der Waals surface area contributed by atoms with Gasteiger partial charge in [0, 0.05) is 54.6 Å². The second kappa shape index (κ2) is 8.25. The third-order valence-corrected chi connectivity index (χ3v) is 6.50. The highest BCUT2D eigenvalue weighted by molar-refractivity contribution is 5.97. The van der Waals surface area contributed by atoms with Crippen molar-refractivity contribution in [3.8, 4) is 28.5 Å². The first-order chi connectivity index (χ1) is 16.7. The highest BCUT2D eigenvalue weighted by atomic mass is 15.3. The van der Waals surface area contributed by atoms with Gasteiger partial charge in [0.1, 0.15) is 6.07 Å². The van der Waals surface area contributed by atoms with Crippen LogP contribution in [0.15, 0.2) is 67.0 Å². The topological polar surface area (TPSA) is 82.1 Å². The zero-order valence-electron chi connectivity index (χ0n) is 18.9. The molecular formula is C27H23N7. The average Bonchev–Trinajstić information content (AvgIpc) is 3.30. The number of nitriles is 1. The number of aromatic nitrogens is 4. The summed E-state index contributed by atoms with van der Waals surface area (Å²) in [6.07, 6.45) is 3.55. The summed E-state index contributed by atoms with van der Waals surface area (Å²) in [4.78, 5) is 11.5. The Kier molecular flexibility index (Phi) is 4.93. The molecule has 0 amide bonds. The number of anilines is 1. The summed E-state index contributed by atoms with van der Waals surface area (Å²) < 4.78 is 1.88. The van der Waals surface area contributed by atoms with Crippen molar-refractivity contribution in [2.45, 2.75) is 6.92 Å². The molecule has 0 atom stereocenters. The number of aryl methyl sites for hydroxylation is 1. The predicted octanol–water partition coefficient (Wildman–Crippen LogP) is 4.20. The average molecular weight is 446 g/mol. The summed E-state index contributed by atoms with van der Waals surface area (Å²) >= 11 is 0. The molecule has 0 unspecified atom stereocenters. The van der Waals surface area contributed by atoms with Gasteiger partial charge in [-0.3, -0.25) is 4.98 Å². The molecule has 1 fully saturated rings. The van der Waals surface area contributed by atoms with E-state index in [1.165, 1.54) is 5.69 Å². The first kappa shape index (κ1) is 20.3. The molecule has 6 rings (SSSR count). The van der Waals surface area contributed by atoms with Gasteiger partial charge in [-0.2, -0.15) is 10.4 Å². The molecule has 1 aliphatic rings. The quantitative estimate of drug-likeness (QED) is 0.448. The van der Waals surface area contributed by atoms with Crippen molar-refractivity contribution >= 4 is 22.2 Å². The molecule has 0 aliphatic carbocycles. The lowest BCUT2D eigenvalue weighted by Crippen LogP contribution is -2.43. The van der Waals surface area contributed by atoms with Crippen LogP contribution in [0.5, 0.6) is 0 Å². The number of piperazine rings is 1. The Bertz CT molecular complexity index is 1550. The van der Waals surface area contributed by atoms with Gasteiger partial charge in [-0.15, -0.1) is 0 Å².